The Morgan fingerprint density at radius 2 is 2.32 bits per heavy atom. The number of nitrogens with zero attached hydrogens (tertiary/aromatic N) is 3. The average Bonchev–Trinajstić information content (AvgIpc) is 3.02. The molecule has 0 radical (unpaired) electrons. The monoisotopic (exact) mass is 256 g/mol. The highest BCUT2D eigenvalue weighted by atomic mass is 15.2. The van der Waals surface area contributed by atoms with Crippen LogP contribution in [0.15, 0.2) is 18.6 Å². The van der Waals surface area contributed by atoms with Gasteiger partial charge in [-0.15, -0.1) is 0 Å². The van der Waals surface area contributed by atoms with Crippen LogP contribution in [-0.2, 0) is 0 Å². The summed E-state index contributed by atoms with van der Waals surface area (Å²) in [6.45, 7) is 4.75. The maximum atomic E-state index is 4.54. The van der Waals surface area contributed by atoms with Gasteiger partial charge in [0.05, 0.1) is 5.39 Å². The van der Waals surface area contributed by atoms with E-state index in [-0.39, 0.29) is 0 Å². The molecule has 1 aliphatic carbocycles. The van der Waals surface area contributed by atoms with E-state index in [4.69, 9.17) is 0 Å². The molecule has 2 aliphatic rings. The highest BCUT2D eigenvalue weighted by molar-refractivity contribution is 5.87. The van der Waals surface area contributed by atoms with E-state index >= 15 is 0 Å². The molecule has 4 heteroatoms. The average molecular weight is 256 g/mol. The highest BCUT2D eigenvalue weighted by Gasteiger charge is 2.43. The number of fused-ring (bicyclic) bond motifs is 2. The van der Waals surface area contributed by atoms with Gasteiger partial charge < -0.3 is 9.88 Å². The fraction of sp³-hybridized carbons (Fsp3) is 0.600. The Balaban J connectivity index is 1.71. The molecule has 19 heavy (non-hydrogen) atoms. The summed E-state index contributed by atoms with van der Waals surface area (Å²) in [6, 6.07) is 2.09. The molecule has 2 aromatic rings. The van der Waals surface area contributed by atoms with Gasteiger partial charge in [-0.05, 0) is 36.7 Å². The highest BCUT2D eigenvalue weighted by Crippen LogP contribution is 2.48. The van der Waals surface area contributed by atoms with Crippen LogP contribution in [0.5, 0.6) is 0 Å². The second-order valence-corrected chi connectivity index (χ2v) is 6.39. The van der Waals surface area contributed by atoms with E-state index in [0.29, 0.717) is 5.41 Å². The van der Waals surface area contributed by atoms with E-state index in [1.807, 2.05) is 6.20 Å². The van der Waals surface area contributed by atoms with Crippen molar-refractivity contribution in [2.24, 2.45) is 11.3 Å². The lowest BCUT2D eigenvalue weighted by Crippen LogP contribution is -2.45. The van der Waals surface area contributed by atoms with Gasteiger partial charge in [0.2, 0.25) is 0 Å². The van der Waals surface area contributed by atoms with Gasteiger partial charge in [-0.1, -0.05) is 13.3 Å². The van der Waals surface area contributed by atoms with Gasteiger partial charge in [-0.3, -0.25) is 0 Å². The van der Waals surface area contributed by atoms with Crippen molar-refractivity contribution in [1.29, 1.82) is 0 Å². The van der Waals surface area contributed by atoms with Crippen LogP contribution in [0.25, 0.3) is 11.0 Å². The van der Waals surface area contributed by atoms with Crippen LogP contribution in [0.2, 0.25) is 0 Å². The molecule has 2 atom stereocenters. The lowest BCUT2D eigenvalue weighted by Gasteiger charge is -2.43. The minimum absolute atomic E-state index is 0.492. The molecule has 4 rings (SSSR count). The first-order valence-corrected chi connectivity index (χ1v) is 7.29. The summed E-state index contributed by atoms with van der Waals surface area (Å²) < 4.78 is 0. The number of hydrogen-bond acceptors (Lipinski definition) is 3. The number of piperidine rings is 1. The van der Waals surface area contributed by atoms with Gasteiger partial charge in [0.1, 0.15) is 17.8 Å². The van der Waals surface area contributed by atoms with Crippen molar-refractivity contribution in [1.82, 2.24) is 15.0 Å². The zero-order chi connectivity index (χ0) is 12.9. The molecule has 0 amide bonds. The number of aromatic nitrogens is 3. The van der Waals surface area contributed by atoms with Crippen molar-refractivity contribution >= 4 is 16.9 Å². The summed E-state index contributed by atoms with van der Waals surface area (Å²) in [6.07, 6.45) is 9.14. The molecule has 2 aromatic heterocycles. The van der Waals surface area contributed by atoms with Crippen LogP contribution in [-0.4, -0.2) is 28.0 Å². The van der Waals surface area contributed by atoms with Gasteiger partial charge >= 0.3 is 0 Å². The molecule has 4 nitrogen and oxygen atoms in total. The molecule has 0 bridgehead atoms. The van der Waals surface area contributed by atoms with Crippen LogP contribution in [0.3, 0.4) is 0 Å². The zero-order valence-electron chi connectivity index (χ0n) is 11.4. The third-order valence-electron chi connectivity index (χ3n) is 5.22. The Labute approximate surface area is 113 Å². The third-order valence-corrected chi connectivity index (χ3v) is 5.22. The van der Waals surface area contributed by atoms with Gasteiger partial charge in [0.25, 0.3) is 0 Å². The summed E-state index contributed by atoms with van der Waals surface area (Å²) in [5.74, 6) is 2.03. The molecule has 1 saturated heterocycles. The Kier molecular flexibility index (Phi) is 2.34. The summed E-state index contributed by atoms with van der Waals surface area (Å²) in [5, 5.41) is 1.16. The quantitative estimate of drug-likeness (QED) is 0.853. The van der Waals surface area contributed by atoms with E-state index < -0.39 is 0 Å². The summed E-state index contributed by atoms with van der Waals surface area (Å²) >= 11 is 0. The number of hydrogen-bond donors (Lipinski definition) is 1. The van der Waals surface area contributed by atoms with Crippen LogP contribution in [0, 0.1) is 11.3 Å². The summed E-state index contributed by atoms with van der Waals surface area (Å²) in [5.41, 5.74) is 1.44. The number of H-pyrrole nitrogens is 1. The Morgan fingerprint density at radius 1 is 1.37 bits per heavy atom. The van der Waals surface area contributed by atoms with E-state index in [2.05, 4.69) is 32.8 Å². The Bertz CT molecular complexity index is 605. The molecule has 1 unspecified atom stereocenters. The van der Waals surface area contributed by atoms with Crippen molar-refractivity contribution in [2.45, 2.75) is 32.6 Å². The fourth-order valence-corrected chi connectivity index (χ4v) is 4.12. The van der Waals surface area contributed by atoms with Crippen LogP contribution in [0.4, 0.5) is 5.82 Å². The predicted molar refractivity (Wildman–Crippen MR) is 76.2 cm³/mol. The third kappa shape index (κ3) is 1.66. The van der Waals surface area contributed by atoms with Crippen molar-refractivity contribution in [3.05, 3.63) is 18.6 Å². The molecular weight excluding hydrogens is 236 g/mol. The van der Waals surface area contributed by atoms with E-state index in [1.54, 1.807) is 6.33 Å². The van der Waals surface area contributed by atoms with Crippen molar-refractivity contribution in [2.75, 3.05) is 18.0 Å². The molecule has 1 saturated carbocycles. The van der Waals surface area contributed by atoms with Gasteiger partial charge in [0, 0.05) is 19.3 Å². The maximum Gasteiger partial charge on any atom is 0.142 e. The standard InChI is InChI=1S/C15H20N4/c1-15-6-2-3-11(15)5-8-19(9-15)14-12-4-7-16-13(12)17-10-18-14/h4,7,10-11H,2-3,5-6,8-9H2,1H3,(H,16,17,18)/t11?,15-/m1/s1. The van der Waals surface area contributed by atoms with Crippen molar-refractivity contribution < 1.29 is 0 Å². The number of aromatic amines is 1. The minimum Gasteiger partial charge on any atom is -0.355 e. The molecule has 2 fully saturated rings. The Morgan fingerprint density at radius 3 is 3.26 bits per heavy atom. The summed E-state index contributed by atoms with van der Waals surface area (Å²) in [4.78, 5) is 14.5. The fourth-order valence-electron chi connectivity index (χ4n) is 4.12. The first-order chi connectivity index (χ1) is 9.26. The number of nitrogens with one attached hydrogen (secondary N) is 1. The van der Waals surface area contributed by atoms with Crippen molar-refractivity contribution in [3.8, 4) is 0 Å². The minimum atomic E-state index is 0.492. The molecule has 1 N–H and O–H groups in total. The van der Waals surface area contributed by atoms with Gasteiger partial charge in [-0.2, -0.15) is 0 Å². The number of anilines is 1. The Hall–Kier alpha value is -1.58. The maximum absolute atomic E-state index is 4.54. The second kappa shape index (κ2) is 3.95. The molecule has 0 aromatic carbocycles. The normalized spacial score (nSPS) is 30.8. The van der Waals surface area contributed by atoms with Gasteiger partial charge in [-0.25, -0.2) is 9.97 Å². The molecular formula is C15H20N4. The first kappa shape index (κ1) is 11.3. The molecule has 3 heterocycles. The van der Waals surface area contributed by atoms with Crippen LogP contribution in [0.1, 0.15) is 32.6 Å². The largest absolute Gasteiger partial charge is 0.355 e. The van der Waals surface area contributed by atoms with E-state index in [9.17, 15) is 0 Å². The van der Waals surface area contributed by atoms with Gasteiger partial charge in [0.15, 0.2) is 0 Å². The van der Waals surface area contributed by atoms with Crippen molar-refractivity contribution in [3.63, 3.8) is 0 Å². The first-order valence-electron chi connectivity index (χ1n) is 7.29. The van der Waals surface area contributed by atoms with Crippen LogP contribution < -0.4 is 4.90 Å². The van der Waals surface area contributed by atoms with E-state index in [1.165, 1.54) is 25.7 Å². The summed E-state index contributed by atoms with van der Waals surface area (Å²) in [7, 11) is 0. The molecule has 0 spiro atoms. The predicted octanol–water partition coefficient (Wildman–Crippen LogP) is 2.97. The number of rotatable bonds is 1. The lowest BCUT2D eigenvalue weighted by atomic mass is 9.75. The molecule has 100 valence electrons. The van der Waals surface area contributed by atoms with Crippen LogP contribution >= 0.6 is 0 Å². The second-order valence-electron chi connectivity index (χ2n) is 6.39. The SMILES string of the molecule is C[C@]12CCCC1CCN(c1ncnc3[nH]ccc13)C2. The van der Waals surface area contributed by atoms with E-state index in [0.717, 1.165) is 35.9 Å². The molecule has 1 aliphatic heterocycles. The lowest BCUT2D eigenvalue weighted by molar-refractivity contribution is 0.192. The zero-order valence-corrected chi connectivity index (χ0v) is 11.4. The smallest absolute Gasteiger partial charge is 0.142 e. The topological polar surface area (TPSA) is 44.8 Å².